The second-order valence-corrected chi connectivity index (χ2v) is 2.92. The molecule has 11 heavy (non-hydrogen) atoms. The third-order valence-electron chi connectivity index (χ3n) is 1.71. The lowest BCUT2D eigenvalue weighted by molar-refractivity contribution is 0.192. The van der Waals surface area contributed by atoms with Crippen LogP contribution in [-0.4, -0.2) is 46.8 Å². The summed E-state index contributed by atoms with van der Waals surface area (Å²) in [6.45, 7) is 2.94. The van der Waals surface area contributed by atoms with Gasteiger partial charge in [0.05, 0.1) is 5.49 Å². The van der Waals surface area contributed by atoms with Gasteiger partial charge in [-0.1, -0.05) is 12.2 Å². The number of hydrogen-bond acceptors (Lipinski definition) is 2. The van der Waals surface area contributed by atoms with E-state index in [0.29, 0.717) is 13.1 Å². The molecule has 62 valence electrons. The highest BCUT2D eigenvalue weighted by Gasteiger charge is 2.16. The van der Waals surface area contributed by atoms with E-state index in [1.54, 1.807) is 10.4 Å². The molecule has 0 N–H and O–H groups in total. The summed E-state index contributed by atoms with van der Waals surface area (Å²) in [5.74, 6) is 0. The van der Waals surface area contributed by atoms with Gasteiger partial charge < -0.3 is 9.80 Å². The average molecular weight is 193 g/mol. The molecule has 0 saturated carbocycles. The Kier molecular flexibility index (Phi) is 3.08. The van der Waals surface area contributed by atoms with Crippen LogP contribution in [0.2, 0.25) is 0 Å². The second-order valence-electron chi connectivity index (χ2n) is 2.38. The molecule has 1 rings (SSSR count). The summed E-state index contributed by atoms with van der Waals surface area (Å²) in [6, 6.07) is 0. The van der Waals surface area contributed by atoms with Crippen LogP contribution in [0.3, 0.4) is 0 Å². The first-order valence-electron chi connectivity index (χ1n) is 3.38. The maximum atomic E-state index is 10.6. The molecule has 0 aromatic rings. The zero-order valence-corrected chi connectivity index (χ0v) is 7.57. The van der Waals surface area contributed by atoms with Gasteiger partial charge in [0.2, 0.25) is 0 Å². The summed E-state index contributed by atoms with van der Waals surface area (Å²) in [4.78, 5) is 14.2. The standard InChI is InChI=1S/C6H9ClN2OS/c7-6(10)9-3-1-8(5-11)2-4-9/h5H,1-4H2. The molecule has 0 bridgehead atoms. The van der Waals surface area contributed by atoms with Gasteiger partial charge in [-0.2, -0.15) is 0 Å². The minimum Gasteiger partial charge on any atom is -0.365 e. The second kappa shape index (κ2) is 3.88. The monoisotopic (exact) mass is 192 g/mol. The van der Waals surface area contributed by atoms with Crippen LogP contribution in [0.5, 0.6) is 0 Å². The summed E-state index contributed by atoms with van der Waals surface area (Å²) >= 11 is 10.0. The Morgan fingerprint density at radius 2 is 1.91 bits per heavy atom. The number of amides is 1. The molecule has 1 aliphatic heterocycles. The summed E-state index contributed by atoms with van der Waals surface area (Å²) in [6.07, 6.45) is 0. The van der Waals surface area contributed by atoms with E-state index in [1.165, 1.54) is 0 Å². The Hall–Kier alpha value is -0.350. The van der Waals surface area contributed by atoms with E-state index in [1.807, 2.05) is 4.90 Å². The molecule has 3 nitrogen and oxygen atoms in total. The number of thiocarbonyl (C=S) groups is 1. The molecule has 0 unspecified atom stereocenters. The largest absolute Gasteiger partial charge is 0.365 e. The van der Waals surface area contributed by atoms with E-state index >= 15 is 0 Å². The molecule has 1 fully saturated rings. The van der Waals surface area contributed by atoms with Crippen LogP contribution < -0.4 is 0 Å². The number of carbonyl (C=O) groups is 1. The minimum absolute atomic E-state index is 0.367. The normalized spacial score (nSPS) is 18.3. The van der Waals surface area contributed by atoms with E-state index in [-0.39, 0.29) is 5.37 Å². The Morgan fingerprint density at radius 3 is 2.27 bits per heavy atom. The molecule has 0 aromatic heterocycles. The van der Waals surface area contributed by atoms with E-state index in [4.69, 9.17) is 23.8 Å². The lowest BCUT2D eigenvalue weighted by Crippen LogP contribution is -2.46. The number of carbonyl (C=O) groups excluding carboxylic acids is 1. The molecule has 0 aliphatic carbocycles. The molecule has 1 amide bonds. The molecular formula is C6H9ClN2OS. The van der Waals surface area contributed by atoms with Crippen molar-refractivity contribution in [3.8, 4) is 0 Å². The number of rotatable bonds is 1. The Bertz CT molecular complexity index is 168. The van der Waals surface area contributed by atoms with Gasteiger partial charge in [0, 0.05) is 26.2 Å². The lowest BCUT2D eigenvalue weighted by atomic mass is 10.4. The van der Waals surface area contributed by atoms with Gasteiger partial charge in [-0.15, -0.1) is 0 Å². The number of piperazine rings is 1. The van der Waals surface area contributed by atoms with Gasteiger partial charge >= 0.3 is 5.37 Å². The fourth-order valence-electron chi connectivity index (χ4n) is 1.00. The quantitative estimate of drug-likeness (QED) is 0.351. The third-order valence-corrected chi connectivity index (χ3v) is 2.25. The van der Waals surface area contributed by atoms with Crippen LogP contribution in [0, 0.1) is 0 Å². The molecule has 5 heteroatoms. The van der Waals surface area contributed by atoms with Crippen molar-refractivity contribution in [3.05, 3.63) is 0 Å². The molecule has 0 aromatic carbocycles. The molecule has 1 heterocycles. The van der Waals surface area contributed by atoms with Crippen LogP contribution in [0.4, 0.5) is 4.79 Å². The summed E-state index contributed by atoms with van der Waals surface area (Å²) in [5, 5.41) is -0.367. The van der Waals surface area contributed by atoms with Crippen molar-refractivity contribution in [2.24, 2.45) is 0 Å². The van der Waals surface area contributed by atoms with Crippen molar-refractivity contribution in [3.63, 3.8) is 0 Å². The topological polar surface area (TPSA) is 23.6 Å². The van der Waals surface area contributed by atoms with Crippen molar-refractivity contribution in [1.82, 2.24) is 9.80 Å². The van der Waals surface area contributed by atoms with Gasteiger partial charge in [0.25, 0.3) is 0 Å². The number of hydrogen-bond donors (Lipinski definition) is 0. The van der Waals surface area contributed by atoms with Crippen molar-refractivity contribution in [2.75, 3.05) is 26.2 Å². The maximum Gasteiger partial charge on any atom is 0.316 e. The maximum absolute atomic E-state index is 10.6. The third kappa shape index (κ3) is 2.31. The SMILES string of the molecule is O=C(Cl)N1CCN(C=S)CC1. The van der Waals surface area contributed by atoms with E-state index in [0.717, 1.165) is 13.1 Å². The first-order valence-corrected chi connectivity index (χ1v) is 4.22. The molecule has 0 spiro atoms. The summed E-state index contributed by atoms with van der Waals surface area (Å²) in [5.41, 5.74) is 1.62. The Morgan fingerprint density at radius 1 is 1.36 bits per heavy atom. The summed E-state index contributed by atoms with van der Waals surface area (Å²) < 4.78 is 0. The predicted molar refractivity (Wildman–Crippen MR) is 48.1 cm³/mol. The minimum atomic E-state index is -0.367. The van der Waals surface area contributed by atoms with Crippen LogP contribution in [0.1, 0.15) is 0 Å². The molecule has 1 saturated heterocycles. The highest BCUT2D eigenvalue weighted by molar-refractivity contribution is 7.78. The Labute approximate surface area is 75.9 Å². The van der Waals surface area contributed by atoms with Crippen molar-refractivity contribution in [1.29, 1.82) is 0 Å². The van der Waals surface area contributed by atoms with Crippen LogP contribution >= 0.6 is 23.8 Å². The summed E-state index contributed by atoms with van der Waals surface area (Å²) in [7, 11) is 0. The molecule has 0 atom stereocenters. The Balaban J connectivity index is 2.35. The zero-order valence-electron chi connectivity index (χ0n) is 5.99. The van der Waals surface area contributed by atoms with Crippen molar-refractivity contribution < 1.29 is 4.79 Å². The van der Waals surface area contributed by atoms with Gasteiger partial charge in [-0.3, -0.25) is 4.79 Å². The van der Waals surface area contributed by atoms with Crippen molar-refractivity contribution in [2.45, 2.75) is 0 Å². The first kappa shape index (κ1) is 8.74. The van der Waals surface area contributed by atoms with E-state index < -0.39 is 0 Å². The van der Waals surface area contributed by atoms with Crippen LogP contribution in [0.25, 0.3) is 0 Å². The lowest BCUT2D eigenvalue weighted by Gasteiger charge is -2.31. The number of halogens is 1. The van der Waals surface area contributed by atoms with Gasteiger partial charge in [0.1, 0.15) is 0 Å². The fourth-order valence-corrected chi connectivity index (χ4v) is 1.38. The zero-order chi connectivity index (χ0) is 8.27. The van der Waals surface area contributed by atoms with Gasteiger partial charge in [-0.05, 0) is 11.6 Å². The average Bonchev–Trinajstić information content (AvgIpc) is 2.05. The molecule has 1 aliphatic rings. The molecule has 0 radical (unpaired) electrons. The van der Waals surface area contributed by atoms with Crippen LogP contribution in [-0.2, 0) is 0 Å². The number of nitrogens with zero attached hydrogens (tertiary/aromatic N) is 2. The van der Waals surface area contributed by atoms with Crippen LogP contribution in [0.15, 0.2) is 0 Å². The van der Waals surface area contributed by atoms with Crippen molar-refractivity contribution >= 4 is 34.7 Å². The highest BCUT2D eigenvalue weighted by atomic mass is 35.5. The van der Waals surface area contributed by atoms with Gasteiger partial charge in [-0.25, -0.2) is 0 Å². The van der Waals surface area contributed by atoms with E-state index in [2.05, 4.69) is 0 Å². The predicted octanol–water partition coefficient (Wildman–Crippen LogP) is 0.920. The fraction of sp³-hybridized carbons (Fsp3) is 0.667. The highest BCUT2D eigenvalue weighted by Crippen LogP contribution is 2.02. The van der Waals surface area contributed by atoms with Gasteiger partial charge in [0.15, 0.2) is 0 Å². The van der Waals surface area contributed by atoms with E-state index in [9.17, 15) is 4.79 Å². The molecular weight excluding hydrogens is 184 g/mol. The smallest absolute Gasteiger partial charge is 0.316 e. The first-order chi connectivity index (χ1) is 5.24.